The van der Waals surface area contributed by atoms with Crippen molar-refractivity contribution < 1.29 is 28.0 Å². The number of hydrogen-bond acceptors (Lipinski definition) is 15. The number of imide groups is 1. The number of carbonyl (C=O) groups excluding carboxylic acids is 3. The van der Waals surface area contributed by atoms with Gasteiger partial charge in [-0.15, -0.1) is 0 Å². The number of rotatable bonds is 11. The van der Waals surface area contributed by atoms with Crippen LogP contribution in [0, 0.1) is 11.7 Å². The number of carbonyl (C=O) groups is 3. The molecule has 5 fully saturated rings. The van der Waals surface area contributed by atoms with Gasteiger partial charge in [0.1, 0.15) is 35.4 Å². The zero-order valence-corrected chi connectivity index (χ0v) is 38.5. The van der Waals surface area contributed by atoms with Crippen LogP contribution < -0.4 is 21.3 Å². The van der Waals surface area contributed by atoms with Gasteiger partial charge < -0.3 is 30.1 Å². The van der Waals surface area contributed by atoms with Gasteiger partial charge in [0.2, 0.25) is 11.8 Å². The van der Waals surface area contributed by atoms with Crippen LogP contribution in [0.2, 0.25) is 0 Å². The highest BCUT2D eigenvalue weighted by atomic mass is 19.1. The van der Waals surface area contributed by atoms with Gasteiger partial charge in [0.25, 0.3) is 0 Å². The molecule has 4 N–H and O–H groups in total. The quantitative estimate of drug-likeness (QED) is 0.119. The maximum atomic E-state index is 15.3. The highest BCUT2D eigenvalue weighted by Gasteiger charge is 2.37. The molecule has 3 saturated heterocycles. The van der Waals surface area contributed by atoms with Crippen molar-refractivity contribution in [2.75, 3.05) is 61.8 Å². The van der Waals surface area contributed by atoms with Gasteiger partial charge in [-0.05, 0) is 121 Å². The zero-order chi connectivity index (χ0) is 46.4. The molecule has 5 aromatic rings. The number of anilines is 3. The first-order valence-electron chi connectivity index (χ1n) is 24.0. The molecule has 2 saturated carbocycles. The number of likely N-dealkylation sites (tertiary alicyclic amines) is 1. The van der Waals surface area contributed by atoms with E-state index in [0.717, 1.165) is 101 Å². The summed E-state index contributed by atoms with van der Waals surface area (Å²) in [6, 6.07) is 4.97. The number of nitrogens with one attached hydrogen (secondary N) is 2. The molecule has 0 radical (unpaired) electrons. The zero-order valence-electron chi connectivity index (χ0n) is 38.5. The van der Waals surface area contributed by atoms with E-state index in [1.165, 1.54) is 12.4 Å². The molecule has 67 heavy (non-hydrogen) atoms. The molecule has 19 heteroatoms. The fourth-order valence-electron chi connectivity index (χ4n) is 10.4. The molecule has 3 aliphatic heterocycles. The number of piperazine rings is 1. The highest BCUT2D eigenvalue weighted by molar-refractivity contribution is 6.02. The number of ether oxygens (including phenoxy) is 1. The molecule has 18 nitrogen and oxygen atoms in total. The van der Waals surface area contributed by atoms with Crippen LogP contribution in [0.25, 0.3) is 33.8 Å². The molecule has 10 rings (SSSR count). The molecule has 1 aromatic carbocycles. The van der Waals surface area contributed by atoms with Gasteiger partial charge in [-0.1, -0.05) is 5.16 Å². The predicted molar refractivity (Wildman–Crippen MR) is 248 cm³/mol. The Kier molecular flexibility index (Phi) is 12.3. The van der Waals surface area contributed by atoms with Crippen molar-refractivity contribution in [1.29, 1.82) is 0 Å². The molecular formula is C48H60FN13O5. The third kappa shape index (κ3) is 9.38. The van der Waals surface area contributed by atoms with Gasteiger partial charge in [0.05, 0.1) is 28.8 Å². The summed E-state index contributed by atoms with van der Waals surface area (Å²) >= 11 is 0. The van der Waals surface area contributed by atoms with Crippen LogP contribution in [0.1, 0.15) is 115 Å². The normalized spacial score (nSPS) is 22.3. The number of piperidine rings is 2. The van der Waals surface area contributed by atoms with Gasteiger partial charge in [-0.25, -0.2) is 33.8 Å². The van der Waals surface area contributed by atoms with Crippen molar-refractivity contribution >= 4 is 46.1 Å². The van der Waals surface area contributed by atoms with E-state index in [1.54, 1.807) is 12.1 Å². The first kappa shape index (κ1) is 44.6. The van der Waals surface area contributed by atoms with E-state index in [0.29, 0.717) is 83.5 Å². The van der Waals surface area contributed by atoms with Crippen LogP contribution in [-0.2, 0) is 19.9 Å². The Bertz CT molecular complexity index is 2620. The van der Waals surface area contributed by atoms with Crippen LogP contribution in [0.3, 0.4) is 0 Å². The SMILES string of the molecule is CC(C)(C)n1nc(-c2noc(C3CC3)c2-c2ncc(C3CCN(C(=O)OCCC4CCC(N5CCN(c6ccc(NC7CCC(=O)NC7=O)cc6F)CC5)CC4)CC3)cn2)c2c(N)ncnc21. The lowest BCUT2D eigenvalue weighted by atomic mass is 9.83. The largest absolute Gasteiger partial charge is 0.449 e. The first-order chi connectivity index (χ1) is 32.4. The number of aromatic nitrogens is 7. The van der Waals surface area contributed by atoms with Crippen molar-refractivity contribution in [3.63, 3.8) is 0 Å². The van der Waals surface area contributed by atoms with E-state index in [-0.39, 0.29) is 47.5 Å². The maximum absolute atomic E-state index is 15.3. The molecule has 7 heterocycles. The number of nitrogens with two attached hydrogens (primary N) is 1. The molecule has 3 amide bonds. The second kappa shape index (κ2) is 18.4. The molecule has 4 aromatic heterocycles. The Morgan fingerprint density at radius 3 is 2.34 bits per heavy atom. The average molecular weight is 918 g/mol. The predicted octanol–water partition coefficient (Wildman–Crippen LogP) is 6.60. The van der Waals surface area contributed by atoms with Crippen molar-refractivity contribution in [2.24, 2.45) is 5.92 Å². The van der Waals surface area contributed by atoms with Crippen molar-refractivity contribution in [1.82, 2.24) is 50.0 Å². The third-order valence-corrected chi connectivity index (χ3v) is 14.4. The second-order valence-corrected chi connectivity index (χ2v) is 19.9. The molecule has 5 aliphatic rings. The van der Waals surface area contributed by atoms with Gasteiger partial charge in [0, 0.05) is 75.7 Å². The highest BCUT2D eigenvalue weighted by Crippen LogP contribution is 2.48. The Labute approximate surface area is 388 Å². The second-order valence-electron chi connectivity index (χ2n) is 19.9. The Morgan fingerprint density at radius 1 is 0.910 bits per heavy atom. The summed E-state index contributed by atoms with van der Waals surface area (Å²) in [5.74, 6) is 1.60. The van der Waals surface area contributed by atoms with E-state index in [1.807, 2.05) is 22.0 Å². The summed E-state index contributed by atoms with van der Waals surface area (Å²) in [5.41, 5.74) is 10.6. The average Bonchev–Trinajstić information content (AvgIpc) is 3.94. The van der Waals surface area contributed by atoms with Crippen LogP contribution in [0.4, 0.5) is 26.4 Å². The van der Waals surface area contributed by atoms with E-state index in [2.05, 4.69) is 56.3 Å². The first-order valence-corrected chi connectivity index (χ1v) is 24.0. The van der Waals surface area contributed by atoms with Crippen LogP contribution >= 0.6 is 0 Å². The third-order valence-electron chi connectivity index (χ3n) is 14.4. The maximum Gasteiger partial charge on any atom is 0.409 e. The molecule has 0 spiro atoms. The monoisotopic (exact) mass is 917 g/mol. The minimum atomic E-state index is -0.554. The molecule has 1 unspecified atom stereocenters. The number of nitrogen functional groups attached to an aromatic ring is 1. The van der Waals surface area contributed by atoms with Gasteiger partial charge >= 0.3 is 6.09 Å². The number of fused-ring (bicyclic) bond motifs is 1. The topological polar surface area (TPSA) is 216 Å². The summed E-state index contributed by atoms with van der Waals surface area (Å²) in [6.45, 7) is 11.0. The summed E-state index contributed by atoms with van der Waals surface area (Å²) in [6.07, 6.45) is 14.5. The number of benzene rings is 1. The lowest BCUT2D eigenvalue weighted by molar-refractivity contribution is -0.133. The smallest absolute Gasteiger partial charge is 0.409 e. The van der Waals surface area contributed by atoms with Gasteiger partial charge in [0.15, 0.2) is 17.2 Å². The minimum Gasteiger partial charge on any atom is -0.449 e. The van der Waals surface area contributed by atoms with Gasteiger partial charge in [-0.3, -0.25) is 19.8 Å². The van der Waals surface area contributed by atoms with Gasteiger partial charge in [-0.2, -0.15) is 5.10 Å². The standard InChI is InChI=1S/C48H60FN13O5/c1-48(2,3)62-45-39(43(50)53-27-54-45)40(57-62)41-38(42(67-58-41)30-6-7-30)44-51-25-31(26-52-44)29-14-17-61(18-15-29)47(65)66-23-16-28-4-9-33(10-5-28)59-19-21-60(22-20-59)36-12-8-32(24-34(36)49)55-35-11-13-37(63)56-46(35)64/h8,12,24-30,33,35,55H,4-7,9-11,13-23H2,1-3H3,(H2,50,53,54)(H,56,63,64). The Morgan fingerprint density at radius 2 is 1.66 bits per heavy atom. The Hall–Kier alpha value is -6.24. The number of nitrogens with zero attached hydrogens (tertiary/aromatic N) is 10. The van der Waals surface area contributed by atoms with Crippen molar-refractivity contribution in [3.8, 4) is 22.8 Å². The van der Waals surface area contributed by atoms with E-state index in [9.17, 15) is 14.4 Å². The van der Waals surface area contributed by atoms with E-state index < -0.39 is 6.04 Å². The molecule has 0 bridgehead atoms. The van der Waals surface area contributed by atoms with E-state index in [4.69, 9.17) is 30.1 Å². The lowest BCUT2D eigenvalue weighted by Gasteiger charge is -2.42. The number of amides is 3. The lowest BCUT2D eigenvalue weighted by Crippen LogP contribution is -2.51. The molecule has 1 atom stereocenters. The fourth-order valence-corrected chi connectivity index (χ4v) is 10.4. The summed E-state index contributed by atoms with van der Waals surface area (Å²) in [5, 5.41) is 15.5. The van der Waals surface area contributed by atoms with Crippen LogP contribution in [-0.4, -0.2) is 121 Å². The molecule has 2 aliphatic carbocycles. The summed E-state index contributed by atoms with van der Waals surface area (Å²) < 4.78 is 28.9. The number of hydrogen-bond donors (Lipinski definition) is 3. The van der Waals surface area contributed by atoms with Crippen LogP contribution in [0.5, 0.6) is 0 Å². The van der Waals surface area contributed by atoms with E-state index >= 15 is 4.39 Å². The summed E-state index contributed by atoms with van der Waals surface area (Å²) in [4.78, 5) is 61.8. The minimum absolute atomic E-state index is 0.216. The molecule has 354 valence electrons. The fraction of sp³-hybridized carbons (Fsp3) is 0.562. The van der Waals surface area contributed by atoms with Crippen LogP contribution in [0.15, 0.2) is 41.4 Å². The van der Waals surface area contributed by atoms with Crippen molar-refractivity contribution in [2.45, 2.75) is 121 Å². The summed E-state index contributed by atoms with van der Waals surface area (Å²) in [7, 11) is 0. The Balaban J connectivity index is 0.665. The molecular weight excluding hydrogens is 858 g/mol. The van der Waals surface area contributed by atoms with Crippen molar-refractivity contribution in [3.05, 3.63) is 54.1 Å². The number of halogens is 1.